The molecule has 3 amide bonds. The van der Waals surface area contributed by atoms with Gasteiger partial charge in [-0.15, -0.1) is 0 Å². The zero-order chi connectivity index (χ0) is 21.9. The van der Waals surface area contributed by atoms with E-state index in [9.17, 15) is 23.2 Å². The third-order valence-corrected chi connectivity index (χ3v) is 7.23. The van der Waals surface area contributed by atoms with Crippen LogP contribution in [0.15, 0.2) is 18.2 Å². The molecule has 6 nitrogen and oxygen atoms in total. The topological polar surface area (TPSA) is 87.3 Å². The van der Waals surface area contributed by atoms with E-state index in [0.717, 1.165) is 31.4 Å². The minimum Gasteiger partial charge on any atom is -0.358 e. The number of nitrogens with one attached hydrogen (secondary N) is 3. The van der Waals surface area contributed by atoms with Crippen molar-refractivity contribution in [3.63, 3.8) is 0 Å². The standard InChI is InChI=1S/C21H27F2N3O3S/c1-24-19(28)21(8-9-21)20(29)25-11-16(13-7-6-12(22)10-15(13)23)26-18(27)14-4-3-5-17(14)30-2/h6-7,10,14,16-17H,3-5,8-9,11H2,1-2H3,(H,24,28)(H,25,29)(H,26,27). The minimum absolute atomic E-state index is 0.0912. The van der Waals surface area contributed by atoms with Crippen LogP contribution in [-0.2, 0) is 14.4 Å². The second kappa shape index (κ2) is 9.32. The lowest BCUT2D eigenvalue weighted by molar-refractivity contribution is -0.137. The number of carbonyl (C=O) groups is 3. The van der Waals surface area contributed by atoms with Gasteiger partial charge in [-0.1, -0.05) is 12.5 Å². The highest BCUT2D eigenvalue weighted by Gasteiger charge is 2.56. The lowest BCUT2D eigenvalue weighted by atomic mass is 10.0. The van der Waals surface area contributed by atoms with E-state index in [1.165, 1.54) is 13.1 Å². The molecule has 3 N–H and O–H groups in total. The first-order valence-corrected chi connectivity index (χ1v) is 11.4. The van der Waals surface area contributed by atoms with Crippen LogP contribution in [0.4, 0.5) is 8.78 Å². The van der Waals surface area contributed by atoms with E-state index in [-0.39, 0.29) is 35.1 Å². The second-order valence-corrected chi connectivity index (χ2v) is 8.99. The molecule has 2 aliphatic rings. The molecule has 0 radical (unpaired) electrons. The molecule has 0 aliphatic heterocycles. The molecule has 0 aromatic heterocycles. The van der Waals surface area contributed by atoms with Crippen LogP contribution in [0.2, 0.25) is 0 Å². The van der Waals surface area contributed by atoms with E-state index in [2.05, 4.69) is 16.0 Å². The molecule has 3 rings (SSSR count). The van der Waals surface area contributed by atoms with Gasteiger partial charge >= 0.3 is 0 Å². The largest absolute Gasteiger partial charge is 0.358 e. The van der Waals surface area contributed by atoms with Gasteiger partial charge in [0.15, 0.2) is 0 Å². The average molecular weight is 440 g/mol. The van der Waals surface area contributed by atoms with Crippen molar-refractivity contribution >= 4 is 29.5 Å². The Hall–Kier alpha value is -2.16. The van der Waals surface area contributed by atoms with Crippen molar-refractivity contribution < 1.29 is 23.2 Å². The SMILES string of the molecule is CNC(=O)C1(C(=O)NCC(NC(=O)C2CCCC2SC)c2ccc(F)cc2F)CC1. The van der Waals surface area contributed by atoms with Gasteiger partial charge in [-0.3, -0.25) is 14.4 Å². The predicted octanol–water partition coefficient (Wildman–Crippen LogP) is 2.30. The number of carbonyl (C=O) groups excluding carboxylic acids is 3. The summed E-state index contributed by atoms with van der Waals surface area (Å²) in [6, 6.07) is 2.27. The Morgan fingerprint density at radius 3 is 2.53 bits per heavy atom. The summed E-state index contributed by atoms with van der Waals surface area (Å²) in [7, 11) is 1.47. The molecule has 9 heteroatoms. The van der Waals surface area contributed by atoms with Crippen molar-refractivity contribution in [3.05, 3.63) is 35.4 Å². The van der Waals surface area contributed by atoms with E-state index in [0.29, 0.717) is 12.8 Å². The molecule has 0 saturated heterocycles. The van der Waals surface area contributed by atoms with Gasteiger partial charge in [0, 0.05) is 36.4 Å². The lowest BCUT2D eigenvalue weighted by Gasteiger charge is -2.25. The number of amides is 3. The van der Waals surface area contributed by atoms with Crippen molar-refractivity contribution in [2.75, 3.05) is 19.8 Å². The number of hydrogen-bond donors (Lipinski definition) is 3. The monoisotopic (exact) mass is 439 g/mol. The molecule has 2 saturated carbocycles. The maximum absolute atomic E-state index is 14.5. The molecule has 0 spiro atoms. The first kappa shape index (κ1) is 22.5. The van der Waals surface area contributed by atoms with Gasteiger partial charge in [0.2, 0.25) is 17.7 Å². The van der Waals surface area contributed by atoms with Crippen molar-refractivity contribution in [2.45, 2.75) is 43.4 Å². The normalized spacial score (nSPS) is 22.8. The van der Waals surface area contributed by atoms with Gasteiger partial charge in [0.25, 0.3) is 0 Å². The Labute approximate surface area is 178 Å². The van der Waals surface area contributed by atoms with E-state index in [1.807, 2.05) is 6.26 Å². The Kier molecular flexibility index (Phi) is 7.00. The van der Waals surface area contributed by atoms with E-state index < -0.39 is 29.0 Å². The third kappa shape index (κ3) is 4.61. The fourth-order valence-electron chi connectivity index (χ4n) is 4.10. The third-order valence-electron chi connectivity index (χ3n) is 6.06. The molecule has 2 fully saturated rings. The summed E-state index contributed by atoms with van der Waals surface area (Å²) in [6.45, 7) is -0.0947. The maximum Gasteiger partial charge on any atom is 0.235 e. The number of rotatable bonds is 8. The summed E-state index contributed by atoms with van der Waals surface area (Å²) in [4.78, 5) is 37.5. The fraction of sp³-hybridized carbons (Fsp3) is 0.571. The van der Waals surface area contributed by atoms with E-state index >= 15 is 0 Å². The summed E-state index contributed by atoms with van der Waals surface area (Å²) in [5, 5.41) is 8.21. The highest BCUT2D eigenvalue weighted by atomic mass is 32.2. The molecule has 1 aromatic rings. The summed E-state index contributed by atoms with van der Waals surface area (Å²) in [5.41, 5.74) is -1.01. The Balaban J connectivity index is 1.75. The summed E-state index contributed by atoms with van der Waals surface area (Å²) < 4.78 is 27.8. The average Bonchev–Trinajstić information content (AvgIpc) is 3.40. The number of hydrogen-bond acceptors (Lipinski definition) is 4. The van der Waals surface area contributed by atoms with Gasteiger partial charge in [-0.2, -0.15) is 11.8 Å². The minimum atomic E-state index is -1.10. The Morgan fingerprint density at radius 1 is 1.20 bits per heavy atom. The van der Waals surface area contributed by atoms with Crippen molar-refractivity contribution in [1.29, 1.82) is 0 Å². The number of halogens is 2. The van der Waals surface area contributed by atoms with Gasteiger partial charge in [0.1, 0.15) is 17.0 Å². The molecule has 164 valence electrons. The molecular weight excluding hydrogens is 412 g/mol. The van der Waals surface area contributed by atoms with Gasteiger partial charge < -0.3 is 16.0 Å². The zero-order valence-electron chi connectivity index (χ0n) is 17.1. The molecule has 3 unspecified atom stereocenters. The highest BCUT2D eigenvalue weighted by molar-refractivity contribution is 7.99. The molecular formula is C21H27F2N3O3S. The summed E-state index contributed by atoms with van der Waals surface area (Å²) in [5.74, 6) is -2.73. The molecule has 3 atom stereocenters. The summed E-state index contributed by atoms with van der Waals surface area (Å²) >= 11 is 1.63. The van der Waals surface area contributed by atoms with Crippen LogP contribution in [0.1, 0.15) is 43.7 Å². The molecule has 1 aromatic carbocycles. The molecule has 2 aliphatic carbocycles. The van der Waals surface area contributed by atoms with Crippen molar-refractivity contribution in [3.8, 4) is 0 Å². The quantitative estimate of drug-likeness (QED) is 0.543. The van der Waals surface area contributed by atoms with Gasteiger partial charge in [0.05, 0.1) is 6.04 Å². The van der Waals surface area contributed by atoms with Crippen molar-refractivity contribution in [2.24, 2.45) is 11.3 Å². The van der Waals surface area contributed by atoms with Crippen LogP contribution in [0, 0.1) is 23.0 Å². The number of thioether (sulfide) groups is 1. The second-order valence-electron chi connectivity index (χ2n) is 7.91. The summed E-state index contributed by atoms with van der Waals surface area (Å²) in [6.07, 6.45) is 5.49. The van der Waals surface area contributed by atoms with Crippen LogP contribution >= 0.6 is 11.8 Å². The van der Waals surface area contributed by atoms with Crippen LogP contribution in [-0.4, -0.2) is 42.8 Å². The molecule has 0 heterocycles. The molecule has 0 bridgehead atoms. The number of benzene rings is 1. The van der Waals surface area contributed by atoms with E-state index in [4.69, 9.17) is 0 Å². The molecule has 30 heavy (non-hydrogen) atoms. The van der Waals surface area contributed by atoms with Crippen LogP contribution < -0.4 is 16.0 Å². The van der Waals surface area contributed by atoms with Crippen LogP contribution in [0.3, 0.4) is 0 Å². The van der Waals surface area contributed by atoms with Gasteiger partial charge in [-0.25, -0.2) is 8.78 Å². The highest BCUT2D eigenvalue weighted by Crippen LogP contribution is 2.46. The predicted molar refractivity (Wildman–Crippen MR) is 111 cm³/mol. The Morgan fingerprint density at radius 2 is 1.93 bits per heavy atom. The first-order valence-electron chi connectivity index (χ1n) is 10.1. The van der Waals surface area contributed by atoms with Crippen LogP contribution in [0.5, 0.6) is 0 Å². The van der Waals surface area contributed by atoms with Crippen LogP contribution in [0.25, 0.3) is 0 Å². The van der Waals surface area contributed by atoms with Gasteiger partial charge in [-0.05, 0) is 38.0 Å². The first-order chi connectivity index (χ1) is 14.3. The lowest BCUT2D eigenvalue weighted by Crippen LogP contribution is -2.46. The van der Waals surface area contributed by atoms with Crippen molar-refractivity contribution in [1.82, 2.24) is 16.0 Å². The smallest absolute Gasteiger partial charge is 0.235 e. The maximum atomic E-state index is 14.5. The fourth-order valence-corrected chi connectivity index (χ4v) is 5.09. The Bertz CT molecular complexity index is 832. The zero-order valence-corrected chi connectivity index (χ0v) is 17.9. The van der Waals surface area contributed by atoms with E-state index in [1.54, 1.807) is 11.8 Å².